The molecular formula is C20H25ClN4O5S. The van der Waals surface area contributed by atoms with E-state index in [0.29, 0.717) is 5.02 Å². The third-order valence-electron chi connectivity index (χ3n) is 5.23. The van der Waals surface area contributed by atoms with Crippen molar-refractivity contribution in [2.45, 2.75) is 31.0 Å². The maximum atomic E-state index is 12.9. The quantitative estimate of drug-likeness (QED) is 0.458. The monoisotopic (exact) mass is 468 g/mol. The van der Waals surface area contributed by atoms with Gasteiger partial charge in [-0.3, -0.25) is 29.9 Å². The number of benzene rings is 1. The lowest BCUT2D eigenvalue weighted by Gasteiger charge is -2.50. The molecule has 2 aliphatic rings. The van der Waals surface area contributed by atoms with E-state index < -0.39 is 29.5 Å². The number of carbonyl (C=O) groups excluding carboxylic acids is 4. The second-order valence-electron chi connectivity index (χ2n) is 7.33. The molecule has 3 rings (SSSR count). The number of imide groups is 1. The Morgan fingerprint density at radius 3 is 2.48 bits per heavy atom. The fourth-order valence-electron chi connectivity index (χ4n) is 3.65. The first-order chi connectivity index (χ1) is 14.7. The molecule has 2 heterocycles. The van der Waals surface area contributed by atoms with Crippen molar-refractivity contribution < 1.29 is 23.9 Å². The molecule has 2 aliphatic heterocycles. The standard InChI is InChI=1S/C20H25ClN4O5S/c1-4-30-14(27)9-13(26)10-31-18-15-17(24(2)20(29)25(3)19(15)28)22-16(23-18)11-5-7-12(21)8-6-11/h5-8,15-18,22-23H,4,9-10H2,1-3H3. The number of carbonyl (C=O) groups is 4. The summed E-state index contributed by atoms with van der Waals surface area (Å²) < 4.78 is 4.82. The maximum absolute atomic E-state index is 12.9. The first-order valence-corrected chi connectivity index (χ1v) is 11.3. The summed E-state index contributed by atoms with van der Waals surface area (Å²) in [5, 5.41) is 6.81. The molecule has 4 atom stereocenters. The second kappa shape index (κ2) is 9.99. The van der Waals surface area contributed by atoms with Gasteiger partial charge >= 0.3 is 12.0 Å². The number of nitrogens with zero attached hydrogens (tertiary/aromatic N) is 2. The second-order valence-corrected chi connectivity index (χ2v) is 8.90. The lowest BCUT2D eigenvalue weighted by molar-refractivity contribution is -0.145. The van der Waals surface area contributed by atoms with Crippen molar-refractivity contribution in [2.24, 2.45) is 5.92 Å². The number of halogens is 1. The minimum atomic E-state index is -0.614. The molecule has 31 heavy (non-hydrogen) atoms. The van der Waals surface area contributed by atoms with E-state index in [1.165, 1.54) is 23.7 Å². The SMILES string of the molecule is CCOC(=O)CC(=O)CSC1NC(c2ccc(Cl)cc2)NC2C1C(=O)N(C)C(=O)N2C. The zero-order chi connectivity index (χ0) is 22.7. The Morgan fingerprint density at radius 2 is 1.84 bits per heavy atom. The van der Waals surface area contributed by atoms with Gasteiger partial charge in [-0.15, -0.1) is 11.8 Å². The minimum Gasteiger partial charge on any atom is -0.466 e. The van der Waals surface area contributed by atoms with Gasteiger partial charge in [-0.25, -0.2) is 4.79 Å². The average molecular weight is 469 g/mol. The van der Waals surface area contributed by atoms with E-state index in [2.05, 4.69) is 10.6 Å². The lowest BCUT2D eigenvalue weighted by Crippen LogP contribution is -2.72. The molecule has 9 nitrogen and oxygen atoms in total. The van der Waals surface area contributed by atoms with Crippen molar-refractivity contribution in [1.29, 1.82) is 0 Å². The summed E-state index contributed by atoms with van der Waals surface area (Å²) in [7, 11) is 3.07. The van der Waals surface area contributed by atoms with Crippen LogP contribution in [0.4, 0.5) is 4.79 Å². The van der Waals surface area contributed by atoms with Crippen LogP contribution in [0.2, 0.25) is 5.02 Å². The van der Waals surface area contributed by atoms with Crippen molar-refractivity contribution in [1.82, 2.24) is 20.4 Å². The van der Waals surface area contributed by atoms with E-state index in [4.69, 9.17) is 16.3 Å². The van der Waals surface area contributed by atoms with Crippen LogP contribution in [0.1, 0.15) is 25.1 Å². The molecule has 0 radical (unpaired) electrons. The number of Topliss-reactive ketones (excluding diaryl/α,β-unsaturated/α-hetero) is 1. The predicted molar refractivity (Wildman–Crippen MR) is 116 cm³/mol. The molecule has 0 aliphatic carbocycles. The number of hydrogen-bond donors (Lipinski definition) is 2. The molecule has 3 amide bonds. The lowest BCUT2D eigenvalue weighted by atomic mass is 9.96. The van der Waals surface area contributed by atoms with Crippen LogP contribution in [0.25, 0.3) is 0 Å². The topological polar surface area (TPSA) is 108 Å². The Bertz CT molecular complexity index is 868. The Kier molecular flexibility index (Phi) is 7.58. The van der Waals surface area contributed by atoms with E-state index in [0.717, 1.165) is 10.5 Å². The van der Waals surface area contributed by atoms with Crippen LogP contribution in [0.3, 0.4) is 0 Å². The number of amides is 3. The summed E-state index contributed by atoms with van der Waals surface area (Å²) in [6.07, 6.45) is -1.24. The number of fused-ring (bicyclic) bond motifs is 1. The normalized spacial score (nSPS) is 25.9. The Morgan fingerprint density at radius 1 is 1.16 bits per heavy atom. The molecule has 168 valence electrons. The van der Waals surface area contributed by atoms with Gasteiger partial charge in [-0.1, -0.05) is 23.7 Å². The fourth-order valence-corrected chi connectivity index (χ4v) is 4.95. The maximum Gasteiger partial charge on any atom is 0.327 e. The van der Waals surface area contributed by atoms with Crippen LogP contribution in [0, 0.1) is 5.92 Å². The van der Waals surface area contributed by atoms with Crippen molar-refractivity contribution in [3.05, 3.63) is 34.9 Å². The van der Waals surface area contributed by atoms with E-state index >= 15 is 0 Å². The van der Waals surface area contributed by atoms with Crippen LogP contribution in [-0.2, 0) is 19.1 Å². The zero-order valence-corrected chi connectivity index (χ0v) is 19.0. The summed E-state index contributed by atoms with van der Waals surface area (Å²) in [6.45, 7) is 1.89. The van der Waals surface area contributed by atoms with Gasteiger partial charge in [0.1, 0.15) is 6.42 Å². The number of thioether (sulfide) groups is 1. The highest BCUT2D eigenvalue weighted by Crippen LogP contribution is 2.34. The number of esters is 1. The third-order valence-corrected chi connectivity index (χ3v) is 6.76. The van der Waals surface area contributed by atoms with Crippen LogP contribution >= 0.6 is 23.4 Å². The first-order valence-electron chi connectivity index (χ1n) is 9.83. The molecule has 4 unspecified atom stereocenters. The molecule has 1 aromatic carbocycles. The Balaban J connectivity index is 1.80. The van der Waals surface area contributed by atoms with Crippen molar-refractivity contribution >= 4 is 47.1 Å². The van der Waals surface area contributed by atoms with E-state index in [1.54, 1.807) is 26.1 Å². The third kappa shape index (κ3) is 5.20. The summed E-state index contributed by atoms with van der Waals surface area (Å²) in [5.74, 6) is -1.78. The predicted octanol–water partition coefficient (Wildman–Crippen LogP) is 1.58. The van der Waals surface area contributed by atoms with Gasteiger partial charge < -0.3 is 9.64 Å². The molecular weight excluding hydrogens is 444 g/mol. The highest BCUT2D eigenvalue weighted by molar-refractivity contribution is 8.00. The highest BCUT2D eigenvalue weighted by atomic mass is 35.5. The van der Waals surface area contributed by atoms with Gasteiger partial charge in [0.15, 0.2) is 5.78 Å². The van der Waals surface area contributed by atoms with Crippen molar-refractivity contribution in [2.75, 3.05) is 26.5 Å². The fraction of sp³-hybridized carbons (Fsp3) is 0.500. The van der Waals surface area contributed by atoms with Crippen LogP contribution in [0.15, 0.2) is 24.3 Å². The van der Waals surface area contributed by atoms with Gasteiger partial charge in [0, 0.05) is 19.1 Å². The van der Waals surface area contributed by atoms with Gasteiger partial charge in [-0.05, 0) is 24.6 Å². The smallest absolute Gasteiger partial charge is 0.327 e. The largest absolute Gasteiger partial charge is 0.466 e. The number of rotatable bonds is 7. The van der Waals surface area contributed by atoms with Crippen LogP contribution < -0.4 is 10.6 Å². The molecule has 0 saturated carbocycles. The van der Waals surface area contributed by atoms with E-state index in [9.17, 15) is 19.2 Å². The Hall–Kier alpha value is -2.14. The first kappa shape index (κ1) is 23.5. The molecule has 0 spiro atoms. The molecule has 2 saturated heterocycles. The summed E-state index contributed by atoms with van der Waals surface area (Å²) in [5.41, 5.74) is 0.874. The molecule has 0 aromatic heterocycles. The van der Waals surface area contributed by atoms with Crippen LogP contribution in [0.5, 0.6) is 0 Å². The van der Waals surface area contributed by atoms with Crippen LogP contribution in [-0.4, -0.2) is 71.5 Å². The van der Waals surface area contributed by atoms with Crippen molar-refractivity contribution in [3.63, 3.8) is 0 Å². The number of urea groups is 1. The summed E-state index contributed by atoms with van der Waals surface area (Å²) in [4.78, 5) is 51.8. The highest BCUT2D eigenvalue weighted by Gasteiger charge is 2.51. The number of nitrogens with one attached hydrogen (secondary N) is 2. The summed E-state index contributed by atoms with van der Waals surface area (Å²) in [6, 6.07) is 6.80. The van der Waals surface area contributed by atoms with E-state index in [-0.39, 0.29) is 36.6 Å². The molecule has 2 fully saturated rings. The number of ether oxygens (including phenoxy) is 1. The average Bonchev–Trinajstić information content (AvgIpc) is 2.74. The number of ketones is 1. The molecule has 0 bridgehead atoms. The van der Waals surface area contributed by atoms with Gasteiger partial charge in [0.2, 0.25) is 5.91 Å². The van der Waals surface area contributed by atoms with Gasteiger partial charge in [0.25, 0.3) is 0 Å². The van der Waals surface area contributed by atoms with Gasteiger partial charge in [0.05, 0.1) is 36.0 Å². The molecule has 2 N–H and O–H groups in total. The van der Waals surface area contributed by atoms with E-state index in [1.807, 2.05) is 12.1 Å². The molecule has 1 aromatic rings. The van der Waals surface area contributed by atoms with Crippen molar-refractivity contribution in [3.8, 4) is 0 Å². The number of hydrogen-bond acceptors (Lipinski definition) is 8. The molecule has 11 heteroatoms. The summed E-state index contributed by atoms with van der Waals surface area (Å²) >= 11 is 7.23. The van der Waals surface area contributed by atoms with Gasteiger partial charge in [-0.2, -0.15) is 0 Å². The zero-order valence-electron chi connectivity index (χ0n) is 17.5. The Labute approximate surface area is 189 Å². The minimum absolute atomic E-state index is 0.0295.